The highest BCUT2D eigenvalue weighted by molar-refractivity contribution is 6.08. The van der Waals surface area contributed by atoms with E-state index in [0.29, 0.717) is 53.6 Å². The zero-order valence-electron chi connectivity index (χ0n) is 30.6. The maximum Gasteiger partial charge on any atom is 0.328 e. The molecule has 54 heavy (non-hydrogen) atoms. The van der Waals surface area contributed by atoms with Crippen molar-refractivity contribution >= 4 is 56.8 Å². The fourth-order valence-electron chi connectivity index (χ4n) is 8.78. The number of likely N-dealkylation sites (tertiary alicyclic amines) is 1. The first-order valence-electron chi connectivity index (χ1n) is 18.9. The van der Waals surface area contributed by atoms with Crippen LogP contribution in [0.5, 0.6) is 5.75 Å². The normalized spacial score (nSPS) is 20.2. The van der Waals surface area contributed by atoms with Gasteiger partial charge in [0, 0.05) is 73.1 Å². The summed E-state index contributed by atoms with van der Waals surface area (Å²) < 4.78 is 11.6. The first kappa shape index (κ1) is 34.0. The van der Waals surface area contributed by atoms with Gasteiger partial charge in [0.05, 0.1) is 35.9 Å². The molecule has 0 unspecified atom stereocenters. The molecule has 0 radical (unpaired) electrons. The summed E-state index contributed by atoms with van der Waals surface area (Å²) in [5.41, 5.74) is 5.17. The van der Waals surface area contributed by atoms with Gasteiger partial charge in [0.25, 0.3) is 5.91 Å². The molecule has 14 nitrogen and oxygen atoms in total. The number of nitrogens with one attached hydrogen (secondary N) is 2. The van der Waals surface area contributed by atoms with Gasteiger partial charge in [-0.2, -0.15) is 14.7 Å². The Labute approximate surface area is 312 Å². The van der Waals surface area contributed by atoms with Crippen LogP contribution in [0.3, 0.4) is 0 Å². The number of urea groups is 1. The molecule has 4 amide bonds. The van der Waals surface area contributed by atoms with Crippen molar-refractivity contribution in [1.82, 2.24) is 39.2 Å². The monoisotopic (exact) mass is 728 g/mol. The summed E-state index contributed by atoms with van der Waals surface area (Å²) in [6, 6.07) is 15.8. The number of methoxy groups -OCH3 is 1. The summed E-state index contributed by atoms with van der Waals surface area (Å²) in [4.78, 5) is 46.1. The van der Waals surface area contributed by atoms with Crippen LogP contribution in [-0.2, 0) is 11.8 Å². The van der Waals surface area contributed by atoms with E-state index >= 15 is 0 Å². The number of amides is 4. The first-order valence-corrected chi connectivity index (χ1v) is 18.9. The number of imidazole rings is 1. The lowest BCUT2D eigenvalue weighted by Gasteiger charge is -2.36. The van der Waals surface area contributed by atoms with Gasteiger partial charge in [-0.1, -0.05) is 6.07 Å². The Hall–Kier alpha value is -5.76. The number of rotatable bonds is 8. The Balaban J connectivity index is 0.797. The van der Waals surface area contributed by atoms with E-state index in [1.807, 2.05) is 24.3 Å². The van der Waals surface area contributed by atoms with Gasteiger partial charge < -0.3 is 19.5 Å². The van der Waals surface area contributed by atoms with E-state index in [1.165, 1.54) is 23.9 Å². The van der Waals surface area contributed by atoms with Gasteiger partial charge in [-0.25, -0.2) is 9.78 Å². The van der Waals surface area contributed by atoms with E-state index in [2.05, 4.69) is 66.3 Å². The van der Waals surface area contributed by atoms with Crippen LogP contribution >= 0.6 is 0 Å². The molecule has 6 heterocycles. The van der Waals surface area contributed by atoms with Crippen LogP contribution in [0.25, 0.3) is 27.5 Å². The van der Waals surface area contributed by atoms with E-state index in [4.69, 9.17) is 9.84 Å². The summed E-state index contributed by atoms with van der Waals surface area (Å²) in [6.45, 7) is 3.72. The molecule has 14 heteroatoms. The highest BCUT2D eigenvalue weighted by Gasteiger charge is 2.29. The number of nitrogens with zero attached hydrogens (tertiary/aromatic N) is 8. The average molecular weight is 729 g/mol. The summed E-state index contributed by atoms with van der Waals surface area (Å²) in [6.07, 6.45) is 12.4. The van der Waals surface area contributed by atoms with Crippen LogP contribution in [0.1, 0.15) is 73.0 Å². The van der Waals surface area contributed by atoms with E-state index in [0.717, 1.165) is 67.4 Å². The molecule has 2 aliphatic heterocycles. The predicted octanol–water partition coefficient (Wildman–Crippen LogP) is 5.89. The van der Waals surface area contributed by atoms with Crippen molar-refractivity contribution in [1.29, 1.82) is 0 Å². The van der Waals surface area contributed by atoms with Crippen molar-refractivity contribution in [2.45, 2.75) is 56.9 Å². The fraction of sp³-hybridized carbons (Fsp3) is 0.400. The van der Waals surface area contributed by atoms with Gasteiger partial charge in [-0.3, -0.25) is 24.5 Å². The number of hydrogen-bond acceptors (Lipinski definition) is 8. The molecule has 3 fully saturated rings. The lowest BCUT2D eigenvalue weighted by Crippen LogP contribution is -2.49. The predicted molar refractivity (Wildman–Crippen MR) is 205 cm³/mol. The molecule has 1 saturated carbocycles. The van der Waals surface area contributed by atoms with Crippen molar-refractivity contribution in [2.24, 2.45) is 13.0 Å². The maximum absolute atomic E-state index is 13.4. The van der Waals surface area contributed by atoms with Crippen molar-refractivity contribution in [3.05, 3.63) is 78.4 Å². The number of imide groups is 1. The topological polar surface area (TPSA) is 144 Å². The Morgan fingerprint density at radius 2 is 1.81 bits per heavy atom. The van der Waals surface area contributed by atoms with Crippen LogP contribution in [0.4, 0.5) is 16.3 Å². The van der Waals surface area contributed by atoms with Crippen LogP contribution in [-0.4, -0.2) is 85.0 Å². The lowest BCUT2D eigenvalue weighted by atomic mass is 9.85. The number of aromatic nitrogens is 6. The highest BCUT2D eigenvalue weighted by Crippen LogP contribution is 2.37. The molecule has 6 aromatic rings. The second kappa shape index (κ2) is 13.9. The number of fused-ring (bicyclic) bond motifs is 3. The summed E-state index contributed by atoms with van der Waals surface area (Å²) in [7, 11) is 3.70. The largest absolute Gasteiger partial charge is 0.496 e. The van der Waals surface area contributed by atoms with Crippen molar-refractivity contribution < 1.29 is 19.1 Å². The third-order valence-corrected chi connectivity index (χ3v) is 11.8. The number of hydrogen-bond donors (Lipinski definition) is 2. The van der Waals surface area contributed by atoms with Crippen molar-refractivity contribution in [3.63, 3.8) is 0 Å². The molecule has 1 aliphatic carbocycles. The van der Waals surface area contributed by atoms with E-state index in [-0.39, 0.29) is 17.8 Å². The molecule has 2 N–H and O–H groups in total. The van der Waals surface area contributed by atoms with Gasteiger partial charge in [0.2, 0.25) is 5.91 Å². The summed E-state index contributed by atoms with van der Waals surface area (Å²) in [5, 5.41) is 16.7. The van der Waals surface area contributed by atoms with E-state index < -0.39 is 0 Å². The molecule has 0 spiro atoms. The fourth-order valence-corrected chi connectivity index (χ4v) is 8.78. The second-order valence-corrected chi connectivity index (χ2v) is 15.0. The minimum Gasteiger partial charge on any atom is -0.496 e. The third kappa shape index (κ3) is 6.33. The van der Waals surface area contributed by atoms with Crippen LogP contribution in [0, 0.1) is 5.92 Å². The Kier molecular flexibility index (Phi) is 8.76. The minimum atomic E-state index is -0.353. The Morgan fingerprint density at radius 3 is 2.61 bits per heavy atom. The van der Waals surface area contributed by atoms with Gasteiger partial charge in [-0.05, 0) is 93.9 Å². The molecule has 0 atom stereocenters. The van der Waals surface area contributed by atoms with Gasteiger partial charge in [0.15, 0.2) is 11.5 Å². The second-order valence-electron chi connectivity index (χ2n) is 15.0. The number of ether oxygens (including phenoxy) is 1. The SMILES string of the molecule is COc1cc2nn(C3CCC(CN4CCC(c5cc6ccc(N7CCC(=O)NC7=O)cc6n5C)CC4)CC3)cc2cc1C(=O)Nc1cnc2cccnn12. The van der Waals surface area contributed by atoms with Crippen molar-refractivity contribution in [3.8, 4) is 5.75 Å². The summed E-state index contributed by atoms with van der Waals surface area (Å²) in [5.74, 6) is 1.61. The number of piperidine rings is 1. The molecule has 2 aromatic carbocycles. The van der Waals surface area contributed by atoms with E-state index in [9.17, 15) is 14.4 Å². The molecule has 3 aliphatic rings. The average Bonchev–Trinajstić information content (AvgIpc) is 3.90. The quantitative estimate of drug-likeness (QED) is 0.198. The number of aryl methyl sites for hydroxylation is 1. The zero-order valence-corrected chi connectivity index (χ0v) is 30.6. The molecule has 0 bridgehead atoms. The van der Waals surface area contributed by atoms with E-state index in [1.54, 1.807) is 35.0 Å². The maximum atomic E-state index is 13.4. The molecule has 4 aromatic heterocycles. The molecular formula is C40H44N10O4. The van der Waals surface area contributed by atoms with Gasteiger partial charge >= 0.3 is 6.03 Å². The van der Waals surface area contributed by atoms with Gasteiger partial charge in [0.1, 0.15) is 5.75 Å². The molecule has 9 rings (SSSR count). The number of carbonyl (C=O) groups is 3. The van der Waals surface area contributed by atoms with Crippen LogP contribution < -0.4 is 20.3 Å². The Morgan fingerprint density at radius 1 is 0.981 bits per heavy atom. The smallest absolute Gasteiger partial charge is 0.328 e. The molecule has 2 saturated heterocycles. The molecule has 278 valence electrons. The standard InChI is InChI=1S/C40H44N10O4/c1-46-33(19-27-7-10-30(20-34(27)46)48-17-13-38(51)44-40(48)53)26-11-15-47(16-12-26)23-25-5-8-29(9-6-25)49-24-28-18-31(35(54-2)21-32(28)45-49)39(52)43-37-22-41-36-4-3-14-42-50(36)37/h3-4,7,10,14,18-22,24-26,29H,5-6,8-9,11-13,15-17,23H2,1-2H3,(H,43,52)(H,44,51,53). The van der Waals surface area contributed by atoms with Gasteiger partial charge in [-0.15, -0.1) is 0 Å². The minimum absolute atomic E-state index is 0.221. The van der Waals surface area contributed by atoms with Crippen molar-refractivity contribution in [2.75, 3.05) is 43.5 Å². The highest BCUT2D eigenvalue weighted by atomic mass is 16.5. The third-order valence-electron chi connectivity index (χ3n) is 11.8. The lowest BCUT2D eigenvalue weighted by molar-refractivity contribution is -0.120. The van der Waals surface area contributed by atoms with Crippen LogP contribution in [0.15, 0.2) is 67.1 Å². The van der Waals surface area contributed by atoms with Crippen LogP contribution in [0.2, 0.25) is 0 Å². The number of anilines is 2. The number of benzene rings is 2. The number of carbonyl (C=O) groups excluding carboxylic acids is 3. The Bertz CT molecular complexity index is 2400. The molecular weight excluding hydrogens is 685 g/mol. The summed E-state index contributed by atoms with van der Waals surface area (Å²) >= 11 is 0. The zero-order chi connectivity index (χ0) is 36.9. The first-order chi connectivity index (χ1) is 26.3.